The van der Waals surface area contributed by atoms with E-state index in [0.29, 0.717) is 10.0 Å². The number of nitrogens with zero attached hydrogens (tertiary/aromatic N) is 1. The molecule has 3 aromatic rings. The molecule has 0 fully saturated rings. The van der Waals surface area contributed by atoms with Crippen LogP contribution in [0.5, 0.6) is 0 Å². The second-order valence-corrected chi connectivity index (χ2v) is 6.90. The number of hydrogen-bond donors (Lipinski definition) is 1. The van der Waals surface area contributed by atoms with Crippen LogP contribution in [0.15, 0.2) is 41.1 Å². The summed E-state index contributed by atoms with van der Waals surface area (Å²) in [6, 6.07) is 9.23. The van der Waals surface area contributed by atoms with Gasteiger partial charge in [0.2, 0.25) is 0 Å². The van der Waals surface area contributed by atoms with Gasteiger partial charge < -0.3 is 5.73 Å². The number of halogens is 2. The smallest absolute Gasteiger partial charge is 0.115 e. The third kappa shape index (κ3) is 2.75. The topological polar surface area (TPSA) is 38.9 Å². The molecule has 0 amide bonds. The molecule has 0 aliphatic rings. The van der Waals surface area contributed by atoms with Gasteiger partial charge in [-0.15, -0.1) is 22.7 Å². The highest BCUT2D eigenvalue weighted by Crippen LogP contribution is 2.33. The number of hydrogen-bond acceptors (Lipinski definition) is 4. The summed E-state index contributed by atoms with van der Waals surface area (Å²) in [6.45, 7) is 0. The molecule has 6 heteroatoms. The molecular formula is C14H10Cl2N2S2. The maximum atomic E-state index is 6.22. The summed E-state index contributed by atoms with van der Waals surface area (Å²) < 4.78 is 0. The Balaban J connectivity index is 1.94. The van der Waals surface area contributed by atoms with E-state index in [4.69, 9.17) is 28.9 Å². The maximum Gasteiger partial charge on any atom is 0.115 e. The molecule has 1 atom stereocenters. The summed E-state index contributed by atoms with van der Waals surface area (Å²) >= 11 is 15.3. The highest BCUT2D eigenvalue weighted by Gasteiger charge is 2.16. The van der Waals surface area contributed by atoms with Crippen molar-refractivity contribution in [1.82, 2.24) is 4.98 Å². The van der Waals surface area contributed by atoms with E-state index in [9.17, 15) is 0 Å². The van der Waals surface area contributed by atoms with Crippen molar-refractivity contribution in [1.29, 1.82) is 0 Å². The SMILES string of the molecule is NC(c1cccs1)c1nc(-c2ccc(Cl)cc2Cl)cs1. The molecule has 0 aliphatic heterocycles. The van der Waals surface area contributed by atoms with Gasteiger partial charge in [-0.05, 0) is 29.6 Å². The summed E-state index contributed by atoms with van der Waals surface area (Å²) in [5, 5.41) is 6.08. The van der Waals surface area contributed by atoms with Crippen molar-refractivity contribution in [3.8, 4) is 11.3 Å². The molecule has 0 saturated carbocycles. The fraction of sp³-hybridized carbons (Fsp3) is 0.0714. The zero-order valence-electron chi connectivity index (χ0n) is 10.2. The molecule has 2 heterocycles. The van der Waals surface area contributed by atoms with E-state index in [1.54, 1.807) is 34.8 Å². The molecule has 3 rings (SSSR count). The van der Waals surface area contributed by atoms with Gasteiger partial charge in [-0.25, -0.2) is 4.98 Å². The zero-order chi connectivity index (χ0) is 14.1. The van der Waals surface area contributed by atoms with E-state index < -0.39 is 0 Å². The van der Waals surface area contributed by atoms with E-state index in [1.807, 2.05) is 29.0 Å². The second kappa shape index (κ2) is 5.84. The maximum absolute atomic E-state index is 6.22. The van der Waals surface area contributed by atoms with Crippen LogP contribution >= 0.6 is 45.9 Å². The van der Waals surface area contributed by atoms with Crippen LogP contribution in [0.4, 0.5) is 0 Å². The molecule has 0 spiro atoms. The minimum absolute atomic E-state index is 0.181. The Morgan fingerprint density at radius 3 is 2.70 bits per heavy atom. The van der Waals surface area contributed by atoms with E-state index in [-0.39, 0.29) is 6.04 Å². The van der Waals surface area contributed by atoms with E-state index in [2.05, 4.69) is 4.98 Å². The van der Waals surface area contributed by atoms with E-state index >= 15 is 0 Å². The lowest BCUT2D eigenvalue weighted by Gasteiger charge is -2.05. The Labute approximate surface area is 134 Å². The van der Waals surface area contributed by atoms with Gasteiger partial charge >= 0.3 is 0 Å². The van der Waals surface area contributed by atoms with Gasteiger partial charge in [0.1, 0.15) is 5.01 Å². The molecule has 0 saturated heterocycles. The lowest BCUT2D eigenvalue weighted by Crippen LogP contribution is -2.09. The van der Waals surface area contributed by atoms with Crippen molar-refractivity contribution in [2.24, 2.45) is 5.73 Å². The third-order valence-electron chi connectivity index (χ3n) is 2.84. The Morgan fingerprint density at radius 2 is 2.00 bits per heavy atom. The van der Waals surface area contributed by atoms with Crippen molar-refractivity contribution in [3.63, 3.8) is 0 Å². The first-order chi connectivity index (χ1) is 9.65. The first kappa shape index (κ1) is 14.0. The van der Waals surface area contributed by atoms with Crippen LogP contribution in [0.1, 0.15) is 15.9 Å². The Kier molecular flexibility index (Phi) is 4.10. The minimum atomic E-state index is -0.181. The number of aromatic nitrogens is 1. The summed E-state index contributed by atoms with van der Waals surface area (Å²) in [7, 11) is 0. The summed E-state index contributed by atoms with van der Waals surface area (Å²) in [4.78, 5) is 5.70. The molecule has 1 unspecified atom stereocenters. The predicted octanol–water partition coefficient (Wildman–Crippen LogP) is 5.23. The van der Waals surface area contributed by atoms with Crippen LogP contribution in [0, 0.1) is 0 Å². The van der Waals surface area contributed by atoms with Crippen LogP contribution < -0.4 is 5.73 Å². The fourth-order valence-corrected chi connectivity index (χ4v) is 3.99. The number of benzene rings is 1. The Morgan fingerprint density at radius 1 is 1.15 bits per heavy atom. The molecule has 0 aliphatic carbocycles. The largest absolute Gasteiger partial charge is 0.318 e. The average Bonchev–Trinajstić information content (AvgIpc) is 3.09. The zero-order valence-corrected chi connectivity index (χ0v) is 13.4. The van der Waals surface area contributed by atoms with Gasteiger partial charge in [-0.2, -0.15) is 0 Å². The number of thiazole rings is 1. The third-order valence-corrected chi connectivity index (χ3v) is 5.28. The molecular weight excluding hydrogens is 331 g/mol. The number of nitrogens with two attached hydrogens (primary N) is 1. The molecule has 0 radical (unpaired) electrons. The van der Waals surface area contributed by atoms with E-state index in [1.165, 1.54) is 0 Å². The van der Waals surface area contributed by atoms with Crippen LogP contribution in [0.2, 0.25) is 10.0 Å². The van der Waals surface area contributed by atoms with E-state index in [0.717, 1.165) is 21.1 Å². The summed E-state index contributed by atoms with van der Waals surface area (Å²) in [5.41, 5.74) is 7.92. The van der Waals surface area contributed by atoms with Crippen molar-refractivity contribution in [2.75, 3.05) is 0 Å². The van der Waals surface area contributed by atoms with Crippen molar-refractivity contribution in [3.05, 3.63) is 61.0 Å². The van der Waals surface area contributed by atoms with Crippen LogP contribution in [-0.2, 0) is 0 Å². The second-order valence-electron chi connectivity index (χ2n) is 4.19. The van der Waals surface area contributed by atoms with Crippen molar-refractivity contribution >= 4 is 45.9 Å². The Bertz CT molecular complexity index is 723. The molecule has 0 bridgehead atoms. The molecule has 2 nitrogen and oxygen atoms in total. The quantitative estimate of drug-likeness (QED) is 0.709. The highest BCUT2D eigenvalue weighted by molar-refractivity contribution is 7.11. The highest BCUT2D eigenvalue weighted by atomic mass is 35.5. The molecule has 20 heavy (non-hydrogen) atoms. The normalized spacial score (nSPS) is 12.6. The molecule has 102 valence electrons. The number of rotatable bonds is 3. The van der Waals surface area contributed by atoms with Gasteiger partial charge in [0.15, 0.2) is 0 Å². The summed E-state index contributed by atoms with van der Waals surface area (Å²) in [5.74, 6) is 0. The van der Waals surface area contributed by atoms with Gasteiger partial charge in [0.25, 0.3) is 0 Å². The molecule has 2 aromatic heterocycles. The van der Waals surface area contributed by atoms with Crippen molar-refractivity contribution < 1.29 is 0 Å². The first-order valence-corrected chi connectivity index (χ1v) is 8.36. The average molecular weight is 341 g/mol. The predicted molar refractivity (Wildman–Crippen MR) is 87.9 cm³/mol. The van der Waals surface area contributed by atoms with Gasteiger partial charge in [0, 0.05) is 20.8 Å². The van der Waals surface area contributed by atoms with Gasteiger partial charge in [-0.3, -0.25) is 0 Å². The monoisotopic (exact) mass is 340 g/mol. The number of thiophene rings is 1. The minimum Gasteiger partial charge on any atom is -0.318 e. The van der Waals surface area contributed by atoms with Gasteiger partial charge in [-0.1, -0.05) is 29.3 Å². The van der Waals surface area contributed by atoms with Crippen molar-refractivity contribution in [2.45, 2.75) is 6.04 Å². The Hall–Kier alpha value is -0.910. The standard InChI is InChI=1S/C14H10Cl2N2S2/c15-8-3-4-9(10(16)6-8)11-7-20-14(18-11)13(17)12-2-1-5-19-12/h1-7,13H,17H2. The molecule has 2 N–H and O–H groups in total. The lowest BCUT2D eigenvalue weighted by atomic mass is 10.2. The fourth-order valence-electron chi connectivity index (χ4n) is 1.84. The van der Waals surface area contributed by atoms with Gasteiger partial charge in [0.05, 0.1) is 16.8 Å². The summed E-state index contributed by atoms with van der Waals surface area (Å²) in [6.07, 6.45) is 0. The van der Waals surface area contributed by atoms with Crippen LogP contribution in [0.3, 0.4) is 0 Å². The first-order valence-electron chi connectivity index (χ1n) is 5.85. The molecule has 1 aromatic carbocycles. The van der Waals surface area contributed by atoms with Crippen LogP contribution in [-0.4, -0.2) is 4.98 Å². The lowest BCUT2D eigenvalue weighted by molar-refractivity contribution is 0.879. The van der Waals surface area contributed by atoms with Crippen LogP contribution in [0.25, 0.3) is 11.3 Å².